The summed E-state index contributed by atoms with van der Waals surface area (Å²) in [6.07, 6.45) is 3.67. The van der Waals surface area contributed by atoms with Gasteiger partial charge in [-0.25, -0.2) is 13.6 Å². The van der Waals surface area contributed by atoms with Gasteiger partial charge in [0.05, 0.1) is 11.1 Å². The van der Waals surface area contributed by atoms with Crippen molar-refractivity contribution in [2.45, 2.75) is 11.4 Å². The molecule has 0 radical (unpaired) electrons. The molecule has 8 heteroatoms. The number of nitrogens with zero attached hydrogens (tertiary/aromatic N) is 2. The number of sulfonamides is 1. The van der Waals surface area contributed by atoms with Crippen molar-refractivity contribution in [1.82, 2.24) is 9.78 Å². The van der Waals surface area contributed by atoms with E-state index in [0.29, 0.717) is 11.0 Å². The summed E-state index contributed by atoms with van der Waals surface area (Å²) in [7, 11) is -1.83. The predicted octanol–water partition coefficient (Wildman–Crippen LogP) is 1.44. The van der Waals surface area contributed by atoms with Crippen molar-refractivity contribution in [2.24, 2.45) is 12.2 Å². The normalized spacial score (nSPS) is 11.5. The summed E-state index contributed by atoms with van der Waals surface area (Å²) >= 11 is 3.32. The van der Waals surface area contributed by atoms with Crippen molar-refractivity contribution < 1.29 is 8.42 Å². The number of nitrogens with one attached hydrogen (secondary N) is 1. The molecule has 0 aliphatic carbocycles. The summed E-state index contributed by atoms with van der Waals surface area (Å²) in [5, 5.41) is 12.3. The molecule has 2 aromatic rings. The number of rotatable bonds is 4. The van der Waals surface area contributed by atoms with E-state index < -0.39 is 10.0 Å². The van der Waals surface area contributed by atoms with E-state index in [-0.39, 0.29) is 4.90 Å². The molecule has 1 aromatic heterocycles. The number of aryl methyl sites for hydroxylation is 1. The molecule has 0 bridgehead atoms. The molecule has 0 saturated carbocycles. The average Bonchev–Trinajstić information content (AvgIpc) is 2.72. The van der Waals surface area contributed by atoms with Crippen LogP contribution in [0.25, 0.3) is 0 Å². The van der Waals surface area contributed by atoms with Gasteiger partial charge in [-0.15, -0.1) is 0 Å². The largest absolute Gasteiger partial charge is 0.380 e. The Balaban J connectivity index is 2.14. The lowest BCUT2D eigenvalue weighted by Crippen LogP contribution is -2.12. The van der Waals surface area contributed by atoms with E-state index >= 15 is 0 Å². The van der Waals surface area contributed by atoms with E-state index in [1.54, 1.807) is 16.9 Å². The highest BCUT2D eigenvalue weighted by Gasteiger charge is 2.10. The number of anilines is 1. The number of benzene rings is 1. The first-order chi connectivity index (χ1) is 8.86. The molecule has 0 spiro atoms. The van der Waals surface area contributed by atoms with Crippen LogP contribution in [-0.2, 0) is 23.6 Å². The second-order valence-corrected chi connectivity index (χ2v) is 6.48. The van der Waals surface area contributed by atoms with Crippen LogP contribution in [0.2, 0.25) is 0 Å². The molecule has 0 unspecified atom stereocenters. The van der Waals surface area contributed by atoms with Crippen molar-refractivity contribution >= 4 is 31.6 Å². The van der Waals surface area contributed by atoms with Crippen molar-refractivity contribution in [3.8, 4) is 0 Å². The summed E-state index contributed by atoms with van der Waals surface area (Å²) in [6.45, 7) is 0.598. The molecule has 1 aromatic carbocycles. The molecule has 1 heterocycles. The Kier molecular flexibility index (Phi) is 3.93. The average molecular weight is 345 g/mol. The third-order valence-corrected chi connectivity index (χ3v) is 4.08. The fraction of sp³-hybridized carbons (Fsp3) is 0.182. The van der Waals surface area contributed by atoms with Crippen molar-refractivity contribution in [1.29, 1.82) is 0 Å². The molecule has 0 fully saturated rings. The third kappa shape index (κ3) is 3.55. The second-order valence-electron chi connectivity index (χ2n) is 4.06. The third-order valence-electron chi connectivity index (χ3n) is 2.51. The summed E-state index contributed by atoms with van der Waals surface area (Å²) in [6, 6.07) is 4.60. The smallest absolute Gasteiger partial charge is 0.238 e. The number of halogens is 1. The molecule has 6 nitrogen and oxygen atoms in total. The van der Waals surface area contributed by atoms with Gasteiger partial charge in [0.1, 0.15) is 0 Å². The van der Waals surface area contributed by atoms with Gasteiger partial charge in [-0.3, -0.25) is 4.68 Å². The minimum Gasteiger partial charge on any atom is -0.380 e. The maximum absolute atomic E-state index is 11.2. The second kappa shape index (κ2) is 5.32. The minimum atomic E-state index is -3.68. The van der Waals surface area contributed by atoms with Gasteiger partial charge in [-0.05, 0) is 34.1 Å². The summed E-state index contributed by atoms with van der Waals surface area (Å²) in [4.78, 5) is 0.0753. The highest BCUT2D eigenvalue weighted by atomic mass is 79.9. The molecule has 2 rings (SSSR count). The van der Waals surface area contributed by atoms with Crippen LogP contribution in [0, 0.1) is 0 Å². The molecular formula is C11H13BrN4O2S. The van der Waals surface area contributed by atoms with Gasteiger partial charge in [0.25, 0.3) is 0 Å². The van der Waals surface area contributed by atoms with Crippen LogP contribution in [-0.4, -0.2) is 18.2 Å². The molecule has 0 atom stereocenters. The van der Waals surface area contributed by atoms with E-state index in [1.807, 2.05) is 13.2 Å². The molecule has 0 saturated heterocycles. The Morgan fingerprint density at radius 3 is 2.74 bits per heavy atom. The zero-order valence-corrected chi connectivity index (χ0v) is 12.6. The number of primary sulfonamides is 1. The summed E-state index contributed by atoms with van der Waals surface area (Å²) in [5.41, 5.74) is 1.82. The quantitative estimate of drug-likeness (QED) is 0.877. The molecule has 0 amide bonds. The lowest BCUT2D eigenvalue weighted by atomic mass is 10.3. The SMILES string of the molecule is Cn1cc(CNc2ccc(S(N)(=O)=O)cc2Br)cn1. The van der Waals surface area contributed by atoms with Gasteiger partial charge in [-0.2, -0.15) is 5.10 Å². The fourth-order valence-electron chi connectivity index (χ4n) is 1.58. The van der Waals surface area contributed by atoms with Crippen LogP contribution >= 0.6 is 15.9 Å². The van der Waals surface area contributed by atoms with E-state index in [2.05, 4.69) is 26.3 Å². The van der Waals surface area contributed by atoms with Crippen LogP contribution < -0.4 is 10.5 Å². The fourth-order valence-corrected chi connectivity index (χ4v) is 2.79. The van der Waals surface area contributed by atoms with Crippen molar-refractivity contribution in [3.05, 3.63) is 40.6 Å². The van der Waals surface area contributed by atoms with Crippen LogP contribution in [0.5, 0.6) is 0 Å². The van der Waals surface area contributed by atoms with E-state index in [0.717, 1.165) is 11.3 Å². The summed E-state index contributed by atoms with van der Waals surface area (Å²) in [5.74, 6) is 0. The van der Waals surface area contributed by atoms with Crippen LogP contribution in [0.3, 0.4) is 0 Å². The Morgan fingerprint density at radius 1 is 1.47 bits per heavy atom. The van der Waals surface area contributed by atoms with Gasteiger partial charge in [0.15, 0.2) is 0 Å². The lowest BCUT2D eigenvalue weighted by molar-refractivity contribution is 0.598. The Bertz CT molecular complexity index is 696. The number of nitrogens with two attached hydrogens (primary N) is 1. The molecule has 102 valence electrons. The Labute approximate surface area is 119 Å². The van der Waals surface area contributed by atoms with Crippen molar-refractivity contribution in [2.75, 3.05) is 5.32 Å². The van der Waals surface area contributed by atoms with Gasteiger partial charge in [0.2, 0.25) is 10.0 Å². The van der Waals surface area contributed by atoms with Gasteiger partial charge in [0, 0.05) is 35.5 Å². The molecule has 3 N–H and O–H groups in total. The summed E-state index contributed by atoms with van der Waals surface area (Å²) < 4.78 is 24.8. The van der Waals surface area contributed by atoms with E-state index in [1.165, 1.54) is 12.1 Å². The minimum absolute atomic E-state index is 0.0753. The molecule has 19 heavy (non-hydrogen) atoms. The van der Waals surface area contributed by atoms with Crippen LogP contribution in [0.15, 0.2) is 40.0 Å². The topological polar surface area (TPSA) is 90.0 Å². The predicted molar refractivity (Wildman–Crippen MR) is 76.0 cm³/mol. The zero-order valence-electron chi connectivity index (χ0n) is 10.2. The van der Waals surface area contributed by atoms with E-state index in [9.17, 15) is 8.42 Å². The van der Waals surface area contributed by atoms with Gasteiger partial charge < -0.3 is 5.32 Å². The first kappa shape index (κ1) is 14.0. The number of hydrogen-bond acceptors (Lipinski definition) is 4. The first-order valence-electron chi connectivity index (χ1n) is 5.40. The lowest BCUT2D eigenvalue weighted by Gasteiger charge is -2.08. The maximum Gasteiger partial charge on any atom is 0.238 e. The van der Waals surface area contributed by atoms with Gasteiger partial charge >= 0.3 is 0 Å². The monoisotopic (exact) mass is 344 g/mol. The zero-order chi connectivity index (χ0) is 14.0. The van der Waals surface area contributed by atoms with Gasteiger partial charge in [-0.1, -0.05) is 0 Å². The maximum atomic E-state index is 11.2. The highest BCUT2D eigenvalue weighted by Crippen LogP contribution is 2.25. The van der Waals surface area contributed by atoms with Crippen LogP contribution in [0.1, 0.15) is 5.56 Å². The Morgan fingerprint density at radius 2 is 2.21 bits per heavy atom. The van der Waals surface area contributed by atoms with Crippen molar-refractivity contribution in [3.63, 3.8) is 0 Å². The first-order valence-corrected chi connectivity index (χ1v) is 7.74. The number of aromatic nitrogens is 2. The standard InChI is InChI=1S/C11H13BrN4O2S/c1-16-7-8(6-15-16)5-14-11-3-2-9(4-10(11)12)19(13,17)18/h2-4,6-7,14H,5H2,1H3,(H2,13,17,18). The van der Waals surface area contributed by atoms with Crippen LogP contribution in [0.4, 0.5) is 5.69 Å². The number of hydrogen-bond donors (Lipinski definition) is 2. The van der Waals surface area contributed by atoms with E-state index in [4.69, 9.17) is 5.14 Å². The Hall–Kier alpha value is -1.38. The molecular weight excluding hydrogens is 332 g/mol. The highest BCUT2D eigenvalue weighted by molar-refractivity contribution is 9.10. The molecule has 0 aliphatic rings. The molecule has 0 aliphatic heterocycles.